The van der Waals surface area contributed by atoms with Gasteiger partial charge in [-0.05, 0) is 98.8 Å². The van der Waals surface area contributed by atoms with E-state index in [0.717, 1.165) is 61.5 Å². The normalized spacial score (nSPS) is 14.4. The Balaban J connectivity index is 1.64. The predicted molar refractivity (Wildman–Crippen MR) is 213 cm³/mol. The summed E-state index contributed by atoms with van der Waals surface area (Å²) in [6, 6.07) is 15.2. The zero-order chi connectivity index (χ0) is 39.7. The highest BCUT2D eigenvalue weighted by molar-refractivity contribution is 6.00. The molecule has 2 N–H and O–H groups in total. The lowest BCUT2D eigenvalue weighted by Crippen LogP contribution is -2.52. The molecule has 3 aromatic rings. The van der Waals surface area contributed by atoms with Crippen molar-refractivity contribution in [1.29, 1.82) is 0 Å². The van der Waals surface area contributed by atoms with Crippen molar-refractivity contribution >= 4 is 17.8 Å². The number of ether oxygens (including phenoxy) is 1. The minimum atomic E-state index is -0.932. The van der Waals surface area contributed by atoms with Crippen molar-refractivity contribution in [3.8, 4) is 11.8 Å². The number of hydrogen-bond acceptors (Lipinski definition) is 7. The maximum Gasteiger partial charge on any atom is 0.320 e. The van der Waals surface area contributed by atoms with E-state index < -0.39 is 35.7 Å². The third-order valence-corrected chi connectivity index (χ3v) is 9.44. The molecule has 2 atom stereocenters. The minimum Gasteiger partial charge on any atom is -0.458 e. The zero-order valence-corrected chi connectivity index (χ0v) is 33.1. The van der Waals surface area contributed by atoms with Gasteiger partial charge in [-0.1, -0.05) is 44.7 Å². The third kappa shape index (κ3) is 14.2. The lowest BCUT2D eigenvalue weighted by Gasteiger charge is -2.33. The second-order valence-electron chi connectivity index (χ2n) is 14.4. The van der Waals surface area contributed by atoms with Crippen LogP contribution >= 0.6 is 0 Å². The lowest BCUT2D eigenvalue weighted by atomic mass is 9.99. The molecular weight excluding hydrogens is 701 g/mol. The molecule has 3 aromatic carbocycles. The van der Waals surface area contributed by atoms with Crippen LogP contribution < -0.4 is 10.6 Å². The third-order valence-electron chi connectivity index (χ3n) is 9.44. The summed E-state index contributed by atoms with van der Waals surface area (Å²) < 4.78 is 35.1. The van der Waals surface area contributed by atoms with Crippen LogP contribution in [-0.4, -0.2) is 104 Å². The molecule has 1 saturated heterocycles. The van der Waals surface area contributed by atoms with Crippen LogP contribution in [0.1, 0.15) is 89.4 Å². The Kier molecular flexibility index (Phi) is 17.3. The summed E-state index contributed by atoms with van der Waals surface area (Å²) in [5.41, 5.74) is 3.53. The summed E-state index contributed by atoms with van der Waals surface area (Å²) in [5.74, 6) is 3.72. The van der Waals surface area contributed by atoms with Crippen molar-refractivity contribution < 1.29 is 27.9 Å². The Morgan fingerprint density at radius 2 is 1.56 bits per heavy atom. The first-order valence-corrected chi connectivity index (χ1v) is 19.5. The van der Waals surface area contributed by atoms with Gasteiger partial charge in [-0.25, -0.2) is 8.78 Å². The summed E-state index contributed by atoms with van der Waals surface area (Å²) in [7, 11) is 2.03. The molecule has 1 aliphatic heterocycles. The largest absolute Gasteiger partial charge is 0.458 e. The van der Waals surface area contributed by atoms with Crippen molar-refractivity contribution in [2.75, 3.05) is 59.4 Å². The fourth-order valence-electron chi connectivity index (χ4n) is 6.65. The van der Waals surface area contributed by atoms with Crippen LogP contribution in [0.15, 0.2) is 60.7 Å². The quantitative estimate of drug-likeness (QED) is 0.122. The number of esters is 1. The summed E-state index contributed by atoms with van der Waals surface area (Å²) in [5, 5.41) is 6.42. The standard InChI is InChI=1S/C44H57F2N5O4/c1-6-9-10-12-33-13-11-14-34(23-33)29-47-30-41(55-42(52)31-50-19-17-49(5)18-20-50)40(26-35-24-38(45)28-39(46)25-35)48-43(53)36-21-32(4)22-37(27-36)44(54)51(15-7-2)16-8-3/h11,13-14,21-25,27-28,40-41,47H,6-9,15-20,26,29-31H2,1-5H3,(H,48,53)/t40-,41+/m0/s1. The average Bonchev–Trinajstić information content (AvgIpc) is 3.14. The first kappa shape index (κ1) is 43.1. The van der Waals surface area contributed by atoms with E-state index >= 15 is 0 Å². The molecular formula is C44H57F2N5O4. The topological polar surface area (TPSA) is 94.2 Å². The van der Waals surface area contributed by atoms with Crippen LogP contribution in [0.25, 0.3) is 0 Å². The lowest BCUT2D eigenvalue weighted by molar-refractivity contribution is -0.152. The van der Waals surface area contributed by atoms with Crippen LogP contribution in [0.3, 0.4) is 0 Å². The first-order valence-electron chi connectivity index (χ1n) is 19.5. The maximum atomic E-state index is 14.5. The van der Waals surface area contributed by atoms with E-state index in [0.29, 0.717) is 38.3 Å². The van der Waals surface area contributed by atoms with Gasteiger partial charge in [-0.2, -0.15) is 0 Å². The number of carbonyl (C=O) groups excluding carboxylic acids is 3. The number of rotatable bonds is 18. The number of nitrogens with zero attached hydrogens (tertiary/aromatic N) is 3. The highest BCUT2D eigenvalue weighted by atomic mass is 19.1. The van der Waals surface area contributed by atoms with Gasteiger partial charge in [0.15, 0.2) is 0 Å². The predicted octanol–water partition coefficient (Wildman–Crippen LogP) is 5.98. The van der Waals surface area contributed by atoms with Gasteiger partial charge in [-0.15, -0.1) is 0 Å². The SMILES string of the molecule is CCCC#Cc1cccc(CNC[C@@H](OC(=O)CN2CCN(C)CC2)[C@H](Cc2cc(F)cc(F)c2)NC(=O)c2cc(C)cc(C(=O)N(CCC)CCC)c2)c1. The second-order valence-corrected chi connectivity index (χ2v) is 14.4. The number of unbranched alkanes of at least 4 members (excludes halogenated alkanes) is 1. The second kappa shape index (κ2) is 22.1. The molecule has 1 heterocycles. The number of hydrogen-bond donors (Lipinski definition) is 2. The van der Waals surface area contributed by atoms with Gasteiger partial charge in [0.2, 0.25) is 0 Å². The molecule has 2 amide bonds. The molecule has 1 aliphatic rings. The Bertz CT molecular complexity index is 1770. The van der Waals surface area contributed by atoms with Crippen LogP contribution in [-0.2, 0) is 22.5 Å². The van der Waals surface area contributed by atoms with E-state index in [1.165, 1.54) is 12.1 Å². The Labute approximate surface area is 325 Å². The molecule has 55 heavy (non-hydrogen) atoms. The fourth-order valence-corrected chi connectivity index (χ4v) is 6.65. The summed E-state index contributed by atoms with van der Waals surface area (Å²) in [6.45, 7) is 12.8. The van der Waals surface area contributed by atoms with Gasteiger partial charge in [-0.3, -0.25) is 19.3 Å². The van der Waals surface area contributed by atoms with E-state index in [1.807, 2.05) is 57.0 Å². The average molecular weight is 758 g/mol. The van der Waals surface area contributed by atoms with E-state index in [-0.39, 0.29) is 36.5 Å². The smallest absolute Gasteiger partial charge is 0.320 e. The molecule has 0 unspecified atom stereocenters. The van der Waals surface area contributed by atoms with Gasteiger partial charge in [0.05, 0.1) is 12.6 Å². The van der Waals surface area contributed by atoms with Crippen molar-refractivity contribution in [2.24, 2.45) is 0 Å². The molecule has 0 saturated carbocycles. The molecule has 296 valence electrons. The van der Waals surface area contributed by atoms with Crippen molar-refractivity contribution in [2.45, 2.75) is 78.5 Å². The van der Waals surface area contributed by atoms with Crippen molar-refractivity contribution in [3.63, 3.8) is 0 Å². The highest BCUT2D eigenvalue weighted by Crippen LogP contribution is 2.18. The molecule has 11 heteroatoms. The molecule has 9 nitrogen and oxygen atoms in total. The zero-order valence-electron chi connectivity index (χ0n) is 33.1. The van der Waals surface area contributed by atoms with Crippen LogP contribution in [0.5, 0.6) is 0 Å². The van der Waals surface area contributed by atoms with Crippen molar-refractivity contribution in [1.82, 2.24) is 25.3 Å². The summed E-state index contributed by atoms with van der Waals surface area (Å²) >= 11 is 0. The number of likely N-dealkylation sites (N-methyl/N-ethyl adjacent to an activating group) is 1. The summed E-state index contributed by atoms with van der Waals surface area (Å²) in [6.07, 6.45) is 2.42. The first-order chi connectivity index (χ1) is 26.5. The maximum absolute atomic E-state index is 14.5. The van der Waals surface area contributed by atoms with E-state index in [2.05, 4.69) is 34.3 Å². The number of halogens is 2. The van der Waals surface area contributed by atoms with Crippen LogP contribution in [0.4, 0.5) is 8.78 Å². The van der Waals surface area contributed by atoms with Gasteiger partial charge in [0.25, 0.3) is 11.8 Å². The fraction of sp³-hybridized carbons (Fsp3) is 0.477. The molecule has 1 fully saturated rings. The van der Waals surface area contributed by atoms with Crippen molar-refractivity contribution in [3.05, 3.63) is 106 Å². The minimum absolute atomic E-state index is 0.0323. The number of carbonyl (C=O) groups is 3. The van der Waals surface area contributed by atoms with Gasteiger partial charge >= 0.3 is 5.97 Å². The molecule has 0 aliphatic carbocycles. The molecule has 0 radical (unpaired) electrons. The summed E-state index contributed by atoms with van der Waals surface area (Å²) in [4.78, 5) is 47.3. The van der Waals surface area contributed by atoms with Crippen LogP contribution in [0.2, 0.25) is 0 Å². The molecule has 0 aromatic heterocycles. The number of benzene rings is 3. The Morgan fingerprint density at radius 3 is 2.24 bits per heavy atom. The Morgan fingerprint density at radius 1 is 0.873 bits per heavy atom. The molecule has 0 spiro atoms. The van der Waals surface area contributed by atoms with Crippen LogP contribution in [0, 0.1) is 30.4 Å². The molecule has 4 rings (SSSR count). The number of amides is 2. The highest BCUT2D eigenvalue weighted by Gasteiger charge is 2.30. The van der Waals surface area contributed by atoms with Gasteiger partial charge < -0.3 is 25.2 Å². The van der Waals surface area contributed by atoms with Gasteiger partial charge in [0, 0.05) is 81.5 Å². The number of aryl methyl sites for hydroxylation is 1. The number of nitrogens with one attached hydrogen (secondary N) is 2. The van der Waals surface area contributed by atoms with E-state index in [9.17, 15) is 23.2 Å². The molecule has 0 bridgehead atoms. The number of piperazine rings is 1. The Hall–Kier alpha value is -4.63. The van der Waals surface area contributed by atoms with E-state index in [1.54, 1.807) is 23.1 Å². The van der Waals surface area contributed by atoms with Gasteiger partial charge in [0.1, 0.15) is 17.7 Å². The monoisotopic (exact) mass is 757 g/mol. The van der Waals surface area contributed by atoms with E-state index in [4.69, 9.17) is 4.74 Å².